The van der Waals surface area contributed by atoms with Crippen molar-refractivity contribution < 1.29 is 0 Å². The molecular formula is C10H13Cl2N. The van der Waals surface area contributed by atoms with Gasteiger partial charge in [-0.15, -0.1) is 11.6 Å². The van der Waals surface area contributed by atoms with Crippen molar-refractivity contribution in [2.45, 2.75) is 19.4 Å². The van der Waals surface area contributed by atoms with Crippen LogP contribution in [0.2, 0.25) is 5.02 Å². The highest BCUT2D eigenvalue weighted by Crippen LogP contribution is 2.18. The van der Waals surface area contributed by atoms with Crippen LogP contribution in [0.5, 0.6) is 0 Å². The molecule has 0 aliphatic rings. The van der Waals surface area contributed by atoms with E-state index >= 15 is 0 Å². The molecule has 0 saturated heterocycles. The third kappa shape index (κ3) is 3.18. The minimum Gasteiger partial charge on any atom is -0.326 e. The molecular weight excluding hydrogens is 205 g/mol. The first kappa shape index (κ1) is 10.8. The standard InChI is InChI=1S/C10H13Cl2N/c1-7-2-3-8(10(12)4-7)5-9(13)6-11/h2-4,9H,5-6,13H2,1H3. The van der Waals surface area contributed by atoms with Gasteiger partial charge >= 0.3 is 0 Å². The Bertz CT molecular complexity index is 286. The molecule has 1 nitrogen and oxygen atoms in total. The molecule has 0 aliphatic carbocycles. The second-order valence-electron chi connectivity index (χ2n) is 3.21. The molecule has 0 amide bonds. The maximum absolute atomic E-state index is 6.03. The molecule has 0 spiro atoms. The second-order valence-corrected chi connectivity index (χ2v) is 3.93. The van der Waals surface area contributed by atoms with Gasteiger partial charge in [0.05, 0.1) is 0 Å². The number of aryl methyl sites for hydroxylation is 1. The highest BCUT2D eigenvalue weighted by Gasteiger charge is 2.05. The Morgan fingerprint density at radius 1 is 1.46 bits per heavy atom. The Kier molecular flexibility index (Phi) is 4.04. The highest BCUT2D eigenvalue weighted by molar-refractivity contribution is 6.31. The monoisotopic (exact) mass is 217 g/mol. The number of benzene rings is 1. The summed E-state index contributed by atoms with van der Waals surface area (Å²) in [6.07, 6.45) is 0.739. The minimum absolute atomic E-state index is 0.0122. The fourth-order valence-electron chi connectivity index (χ4n) is 1.15. The molecule has 1 unspecified atom stereocenters. The lowest BCUT2D eigenvalue weighted by Gasteiger charge is -2.09. The molecule has 0 aliphatic heterocycles. The molecule has 0 radical (unpaired) electrons. The summed E-state index contributed by atoms with van der Waals surface area (Å²) in [5.74, 6) is 0.463. The average molecular weight is 218 g/mol. The highest BCUT2D eigenvalue weighted by atomic mass is 35.5. The van der Waals surface area contributed by atoms with Crippen molar-refractivity contribution in [1.29, 1.82) is 0 Å². The molecule has 0 heterocycles. The lowest BCUT2D eigenvalue weighted by molar-refractivity contribution is 0.745. The normalized spacial score (nSPS) is 12.9. The van der Waals surface area contributed by atoms with Crippen LogP contribution in [0.25, 0.3) is 0 Å². The SMILES string of the molecule is Cc1ccc(CC(N)CCl)c(Cl)c1. The molecule has 1 aromatic rings. The van der Waals surface area contributed by atoms with Gasteiger partial charge in [-0.25, -0.2) is 0 Å². The molecule has 0 fully saturated rings. The summed E-state index contributed by atoms with van der Waals surface area (Å²) >= 11 is 11.6. The van der Waals surface area contributed by atoms with E-state index in [1.165, 1.54) is 0 Å². The zero-order chi connectivity index (χ0) is 9.84. The Morgan fingerprint density at radius 3 is 2.69 bits per heavy atom. The summed E-state index contributed by atoms with van der Waals surface area (Å²) in [5.41, 5.74) is 7.95. The van der Waals surface area contributed by atoms with Crippen molar-refractivity contribution in [2.75, 3.05) is 5.88 Å². The number of hydrogen-bond acceptors (Lipinski definition) is 1. The van der Waals surface area contributed by atoms with E-state index in [-0.39, 0.29) is 6.04 Å². The van der Waals surface area contributed by atoms with Gasteiger partial charge in [-0.05, 0) is 30.5 Å². The van der Waals surface area contributed by atoms with Crippen molar-refractivity contribution >= 4 is 23.2 Å². The van der Waals surface area contributed by atoms with E-state index in [1.807, 2.05) is 25.1 Å². The smallest absolute Gasteiger partial charge is 0.0441 e. The van der Waals surface area contributed by atoms with E-state index in [1.54, 1.807) is 0 Å². The molecule has 3 heteroatoms. The van der Waals surface area contributed by atoms with Crippen LogP contribution < -0.4 is 5.73 Å². The maximum atomic E-state index is 6.03. The van der Waals surface area contributed by atoms with Crippen molar-refractivity contribution in [3.63, 3.8) is 0 Å². The van der Waals surface area contributed by atoms with Crippen LogP contribution in [0.15, 0.2) is 18.2 Å². The van der Waals surface area contributed by atoms with Gasteiger partial charge in [-0.1, -0.05) is 23.7 Å². The zero-order valence-electron chi connectivity index (χ0n) is 7.56. The van der Waals surface area contributed by atoms with Gasteiger partial charge in [-0.3, -0.25) is 0 Å². The van der Waals surface area contributed by atoms with Crippen LogP contribution in [0.3, 0.4) is 0 Å². The van der Waals surface area contributed by atoms with Crippen LogP contribution in [0.1, 0.15) is 11.1 Å². The summed E-state index contributed by atoms with van der Waals surface area (Å²) in [6.45, 7) is 2.01. The summed E-state index contributed by atoms with van der Waals surface area (Å²) in [7, 11) is 0. The lowest BCUT2D eigenvalue weighted by atomic mass is 10.1. The average Bonchev–Trinajstić information content (AvgIpc) is 2.09. The number of rotatable bonds is 3. The number of alkyl halides is 1. The summed E-state index contributed by atoms with van der Waals surface area (Å²) in [6, 6.07) is 5.96. The van der Waals surface area contributed by atoms with Crippen LogP contribution in [0.4, 0.5) is 0 Å². The summed E-state index contributed by atoms with van der Waals surface area (Å²) in [4.78, 5) is 0. The summed E-state index contributed by atoms with van der Waals surface area (Å²) < 4.78 is 0. The van der Waals surface area contributed by atoms with Crippen molar-refractivity contribution in [2.24, 2.45) is 5.73 Å². The molecule has 1 aromatic carbocycles. The quantitative estimate of drug-likeness (QED) is 0.775. The fourth-order valence-corrected chi connectivity index (χ4v) is 1.58. The van der Waals surface area contributed by atoms with E-state index in [0.717, 1.165) is 22.6 Å². The van der Waals surface area contributed by atoms with Gasteiger partial charge < -0.3 is 5.73 Å². The predicted octanol–water partition coefficient (Wildman–Crippen LogP) is 2.76. The van der Waals surface area contributed by atoms with Gasteiger partial charge in [0, 0.05) is 16.9 Å². The zero-order valence-corrected chi connectivity index (χ0v) is 9.07. The van der Waals surface area contributed by atoms with Crippen LogP contribution >= 0.6 is 23.2 Å². The van der Waals surface area contributed by atoms with Crippen molar-refractivity contribution in [3.05, 3.63) is 34.3 Å². The van der Waals surface area contributed by atoms with Gasteiger partial charge in [0.2, 0.25) is 0 Å². The molecule has 13 heavy (non-hydrogen) atoms. The first-order valence-corrected chi connectivity index (χ1v) is 5.11. The first-order valence-electron chi connectivity index (χ1n) is 4.20. The first-order chi connectivity index (χ1) is 6.13. The Hall–Kier alpha value is -0.240. The topological polar surface area (TPSA) is 26.0 Å². The van der Waals surface area contributed by atoms with Crippen molar-refractivity contribution in [1.82, 2.24) is 0 Å². The number of nitrogens with two attached hydrogens (primary N) is 1. The van der Waals surface area contributed by atoms with Crippen LogP contribution in [0, 0.1) is 6.92 Å². The maximum Gasteiger partial charge on any atom is 0.0441 e. The molecule has 1 atom stereocenters. The molecule has 2 N–H and O–H groups in total. The molecule has 1 rings (SSSR count). The molecule has 0 aromatic heterocycles. The van der Waals surface area contributed by atoms with Gasteiger partial charge in [0.25, 0.3) is 0 Å². The van der Waals surface area contributed by atoms with Gasteiger partial charge in [-0.2, -0.15) is 0 Å². The second kappa shape index (κ2) is 4.85. The minimum atomic E-state index is -0.0122. The van der Waals surface area contributed by atoms with Crippen LogP contribution in [-0.4, -0.2) is 11.9 Å². The summed E-state index contributed by atoms with van der Waals surface area (Å²) in [5, 5.41) is 0.778. The third-order valence-electron chi connectivity index (χ3n) is 1.89. The number of hydrogen-bond donors (Lipinski definition) is 1. The Balaban J connectivity index is 2.77. The van der Waals surface area contributed by atoms with E-state index < -0.39 is 0 Å². The Morgan fingerprint density at radius 2 is 2.15 bits per heavy atom. The van der Waals surface area contributed by atoms with E-state index in [0.29, 0.717) is 5.88 Å². The van der Waals surface area contributed by atoms with Crippen molar-refractivity contribution in [3.8, 4) is 0 Å². The lowest BCUT2D eigenvalue weighted by Crippen LogP contribution is -2.24. The van der Waals surface area contributed by atoms with Gasteiger partial charge in [0.15, 0.2) is 0 Å². The third-order valence-corrected chi connectivity index (χ3v) is 2.64. The molecule has 0 saturated carbocycles. The van der Waals surface area contributed by atoms with Crippen LogP contribution in [-0.2, 0) is 6.42 Å². The fraction of sp³-hybridized carbons (Fsp3) is 0.400. The number of halogens is 2. The van der Waals surface area contributed by atoms with E-state index in [4.69, 9.17) is 28.9 Å². The molecule has 0 bridgehead atoms. The Labute approximate surface area is 88.8 Å². The van der Waals surface area contributed by atoms with E-state index in [2.05, 4.69) is 0 Å². The molecule has 72 valence electrons. The predicted molar refractivity (Wildman–Crippen MR) is 58.6 cm³/mol. The van der Waals surface area contributed by atoms with Gasteiger partial charge in [0.1, 0.15) is 0 Å². The largest absolute Gasteiger partial charge is 0.326 e. The van der Waals surface area contributed by atoms with E-state index in [9.17, 15) is 0 Å².